The Morgan fingerprint density at radius 3 is 2.03 bits per heavy atom. The van der Waals surface area contributed by atoms with Gasteiger partial charge in [-0.1, -0.05) is 30.3 Å². The highest BCUT2D eigenvalue weighted by Gasteiger charge is 2.51. The monoisotopic (exact) mass is 456 g/mol. The lowest BCUT2D eigenvalue weighted by molar-refractivity contribution is -0.258. The van der Waals surface area contributed by atoms with Gasteiger partial charge in [0.05, 0.1) is 11.6 Å². The smallest absolute Gasteiger partial charge is 0.376 e. The first-order valence-corrected chi connectivity index (χ1v) is 11.3. The first-order chi connectivity index (χ1) is 15.6. The standard InChI is InChI=1S/C26H27F3N2O2/c1-25(33,26(27,28)29)20-10-6-18(7-11-20)24(32)31(22-14-15-22)21-12-8-17(9-13-21)23-5-3-2-4-19(23)16-30/h2-7,10-11,17,21-22,33H,8-9,12-15H2,1H3/t17-,21-,25-/m0/s1. The Kier molecular flexibility index (Phi) is 6.24. The molecule has 0 unspecified atom stereocenters. The van der Waals surface area contributed by atoms with Crippen molar-refractivity contribution < 1.29 is 23.1 Å². The van der Waals surface area contributed by atoms with Crippen LogP contribution in [0.1, 0.15) is 78.4 Å². The van der Waals surface area contributed by atoms with Crippen molar-refractivity contribution in [2.24, 2.45) is 0 Å². The maximum atomic E-state index is 13.3. The molecule has 0 bridgehead atoms. The van der Waals surface area contributed by atoms with E-state index in [1.54, 1.807) is 0 Å². The van der Waals surface area contributed by atoms with Crippen molar-refractivity contribution in [2.75, 3.05) is 0 Å². The first-order valence-electron chi connectivity index (χ1n) is 11.3. The Hall–Kier alpha value is -2.85. The summed E-state index contributed by atoms with van der Waals surface area (Å²) < 4.78 is 39.4. The number of benzene rings is 2. The third kappa shape index (κ3) is 4.63. The first kappa shape index (κ1) is 23.3. The molecule has 4 nitrogen and oxygen atoms in total. The van der Waals surface area contributed by atoms with E-state index >= 15 is 0 Å². The van der Waals surface area contributed by atoms with Gasteiger partial charge in [0.2, 0.25) is 0 Å². The van der Waals surface area contributed by atoms with Gasteiger partial charge in [0.1, 0.15) is 0 Å². The van der Waals surface area contributed by atoms with E-state index < -0.39 is 11.8 Å². The molecule has 33 heavy (non-hydrogen) atoms. The van der Waals surface area contributed by atoms with Crippen LogP contribution in [0.3, 0.4) is 0 Å². The zero-order valence-electron chi connectivity index (χ0n) is 18.5. The van der Waals surface area contributed by atoms with E-state index in [-0.39, 0.29) is 29.5 Å². The highest BCUT2D eigenvalue weighted by atomic mass is 19.4. The van der Waals surface area contributed by atoms with Crippen LogP contribution >= 0.6 is 0 Å². The van der Waals surface area contributed by atoms with Crippen molar-refractivity contribution >= 4 is 5.91 Å². The average molecular weight is 457 g/mol. The molecular formula is C26H27F3N2O2. The minimum absolute atomic E-state index is 0.0773. The lowest BCUT2D eigenvalue weighted by Crippen LogP contribution is -2.44. The molecule has 2 saturated carbocycles. The quantitative estimate of drug-likeness (QED) is 0.632. The van der Waals surface area contributed by atoms with Crippen LogP contribution in [0.5, 0.6) is 0 Å². The molecule has 0 aliphatic heterocycles. The average Bonchev–Trinajstić information content (AvgIpc) is 3.64. The minimum atomic E-state index is -4.80. The summed E-state index contributed by atoms with van der Waals surface area (Å²) in [5.41, 5.74) is -1.16. The van der Waals surface area contributed by atoms with E-state index in [0.29, 0.717) is 18.1 Å². The van der Waals surface area contributed by atoms with Crippen LogP contribution < -0.4 is 0 Å². The molecule has 7 heteroatoms. The van der Waals surface area contributed by atoms with E-state index in [2.05, 4.69) is 6.07 Å². The SMILES string of the molecule is C[C@](O)(c1ccc(C(=O)N(C2CC2)[C@H]2CC[C@H](c3ccccc3C#N)CC2)cc1)C(F)(F)F. The Bertz CT molecular complexity index is 1040. The summed E-state index contributed by atoms with van der Waals surface area (Å²) in [5.74, 6) is 0.119. The van der Waals surface area contributed by atoms with Gasteiger partial charge in [-0.05, 0) is 80.7 Å². The molecule has 2 fully saturated rings. The molecule has 0 heterocycles. The molecule has 1 N–H and O–H groups in total. The number of aliphatic hydroxyl groups is 1. The fraction of sp³-hybridized carbons (Fsp3) is 0.462. The van der Waals surface area contributed by atoms with Gasteiger partial charge < -0.3 is 10.0 Å². The number of alkyl halides is 3. The number of amides is 1. The minimum Gasteiger partial charge on any atom is -0.376 e. The van der Waals surface area contributed by atoms with Crippen molar-refractivity contribution in [3.05, 3.63) is 70.8 Å². The maximum absolute atomic E-state index is 13.3. The van der Waals surface area contributed by atoms with Crippen molar-refractivity contribution in [1.29, 1.82) is 5.26 Å². The third-order valence-corrected chi connectivity index (χ3v) is 7.03. The van der Waals surface area contributed by atoms with Crippen LogP contribution in [0.25, 0.3) is 0 Å². The van der Waals surface area contributed by atoms with Gasteiger partial charge in [-0.3, -0.25) is 4.79 Å². The molecule has 0 radical (unpaired) electrons. The van der Waals surface area contributed by atoms with Crippen LogP contribution in [-0.2, 0) is 5.60 Å². The van der Waals surface area contributed by atoms with Crippen LogP contribution in [0.15, 0.2) is 48.5 Å². The topological polar surface area (TPSA) is 64.3 Å². The summed E-state index contributed by atoms with van der Waals surface area (Å²) in [5, 5.41) is 19.3. The highest BCUT2D eigenvalue weighted by molar-refractivity contribution is 5.95. The molecule has 0 spiro atoms. The normalized spacial score (nSPS) is 22.8. The zero-order chi connectivity index (χ0) is 23.8. The molecular weight excluding hydrogens is 429 g/mol. The van der Waals surface area contributed by atoms with Gasteiger partial charge in [0.15, 0.2) is 5.60 Å². The summed E-state index contributed by atoms with van der Waals surface area (Å²) in [6, 6.07) is 15.3. The number of halogens is 3. The third-order valence-electron chi connectivity index (χ3n) is 7.03. The number of carbonyl (C=O) groups excluding carboxylic acids is 1. The molecule has 4 rings (SSSR count). The molecule has 0 saturated heterocycles. The van der Waals surface area contributed by atoms with Crippen LogP contribution in [0, 0.1) is 11.3 Å². The van der Waals surface area contributed by atoms with E-state index in [9.17, 15) is 28.3 Å². The second-order valence-corrected chi connectivity index (χ2v) is 9.30. The molecule has 2 aliphatic carbocycles. The van der Waals surface area contributed by atoms with Gasteiger partial charge in [-0.25, -0.2) is 0 Å². The summed E-state index contributed by atoms with van der Waals surface area (Å²) in [4.78, 5) is 15.3. The van der Waals surface area contributed by atoms with Gasteiger partial charge in [-0.15, -0.1) is 0 Å². The van der Waals surface area contributed by atoms with Crippen LogP contribution in [0.4, 0.5) is 13.2 Å². The Morgan fingerprint density at radius 1 is 0.970 bits per heavy atom. The van der Waals surface area contributed by atoms with Crippen molar-refractivity contribution in [3.63, 3.8) is 0 Å². The second-order valence-electron chi connectivity index (χ2n) is 9.30. The number of nitrogens with zero attached hydrogens (tertiary/aromatic N) is 2. The fourth-order valence-electron chi connectivity index (χ4n) is 4.85. The van der Waals surface area contributed by atoms with Crippen molar-refractivity contribution in [2.45, 2.75) is 75.2 Å². The van der Waals surface area contributed by atoms with Gasteiger partial charge in [-0.2, -0.15) is 18.4 Å². The van der Waals surface area contributed by atoms with Crippen molar-refractivity contribution in [3.8, 4) is 6.07 Å². The van der Waals surface area contributed by atoms with Crippen molar-refractivity contribution in [1.82, 2.24) is 4.90 Å². The summed E-state index contributed by atoms with van der Waals surface area (Å²) in [7, 11) is 0. The number of hydrogen-bond acceptors (Lipinski definition) is 3. The number of nitriles is 1. The molecule has 2 aromatic carbocycles. The predicted octanol–water partition coefficient (Wildman–Crippen LogP) is 5.66. The van der Waals surface area contributed by atoms with E-state index in [1.165, 1.54) is 24.3 Å². The summed E-state index contributed by atoms with van der Waals surface area (Å²) in [6.45, 7) is 0.712. The Balaban J connectivity index is 1.48. The second kappa shape index (κ2) is 8.83. The summed E-state index contributed by atoms with van der Waals surface area (Å²) >= 11 is 0. The lowest BCUT2D eigenvalue weighted by Gasteiger charge is -2.37. The molecule has 0 aromatic heterocycles. The van der Waals surface area contributed by atoms with E-state index in [1.807, 2.05) is 29.2 Å². The van der Waals surface area contributed by atoms with E-state index in [0.717, 1.165) is 44.1 Å². The van der Waals surface area contributed by atoms with E-state index in [4.69, 9.17) is 0 Å². The molecule has 1 amide bonds. The van der Waals surface area contributed by atoms with Gasteiger partial charge >= 0.3 is 6.18 Å². The number of carbonyl (C=O) groups is 1. The lowest BCUT2D eigenvalue weighted by atomic mass is 9.79. The Labute approximate surface area is 191 Å². The number of rotatable bonds is 5. The largest absolute Gasteiger partial charge is 0.421 e. The predicted molar refractivity (Wildman–Crippen MR) is 117 cm³/mol. The molecule has 1 atom stereocenters. The maximum Gasteiger partial charge on any atom is 0.421 e. The molecule has 2 aliphatic rings. The molecule has 174 valence electrons. The zero-order valence-corrected chi connectivity index (χ0v) is 18.5. The Morgan fingerprint density at radius 2 is 1.52 bits per heavy atom. The number of hydrogen-bond donors (Lipinski definition) is 1. The fourth-order valence-corrected chi connectivity index (χ4v) is 4.85. The van der Waals surface area contributed by atoms with Crippen LogP contribution in [0.2, 0.25) is 0 Å². The molecule has 2 aromatic rings. The van der Waals surface area contributed by atoms with Gasteiger partial charge in [0.25, 0.3) is 5.91 Å². The highest BCUT2D eigenvalue weighted by Crippen LogP contribution is 2.41. The van der Waals surface area contributed by atoms with Crippen LogP contribution in [-0.4, -0.2) is 34.2 Å². The van der Waals surface area contributed by atoms with Gasteiger partial charge in [0, 0.05) is 17.6 Å². The summed E-state index contributed by atoms with van der Waals surface area (Å²) in [6.07, 6.45) is 0.483.